The zero-order valence-corrected chi connectivity index (χ0v) is 9.47. The Morgan fingerprint density at radius 2 is 1.47 bits per heavy atom. The average Bonchev–Trinajstić information content (AvgIpc) is 2.45. The molecule has 0 aliphatic carbocycles. The van der Waals surface area contributed by atoms with Gasteiger partial charge in [0.15, 0.2) is 0 Å². The van der Waals surface area contributed by atoms with Crippen molar-refractivity contribution in [3.05, 3.63) is 11.1 Å². The van der Waals surface area contributed by atoms with Crippen molar-refractivity contribution in [2.45, 2.75) is 52.4 Å². The minimum atomic E-state index is -0.423. The molecule has 84 valence electrons. The summed E-state index contributed by atoms with van der Waals surface area (Å²) >= 11 is 0. The summed E-state index contributed by atoms with van der Waals surface area (Å²) in [5, 5.41) is 0. The van der Waals surface area contributed by atoms with Gasteiger partial charge in [0.05, 0.1) is 0 Å². The van der Waals surface area contributed by atoms with Crippen LogP contribution in [0.2, 0.25) is 0 Å². The van der Waals surface area contributed by atoms with E-state index in [4.69, 9.17) is 0 Å². The maximum atomic E-state index is 11.4. The standard InChI is InChI=1S/C12H18O3/c1-3-5-6-8-10-9(7-4-2)11(13)15-12(10)14/h3-8H2,1-2H3. The highest BCUT2D eigenvalue weighted by Gasteiger charge is 2.31. The lowest BCUT2D eigenvalue weighted by molar-refractivity contribution is -0.151. The van der Waals surface area contributed by atoms with Gasteiger partial charge < -0.3 is 4.74 Å². The molecule has 1 aliphatic heterocycles. The fourth-order valence-corrected chi connectivity index (χ4v) is 1.76. The van der Waals surface area contributed by atoms with Crippen molar-refractivity contribution < 1.29 is 14.3 Å². The van der Waals surface area contributed by atoms with E-state index < -0.39 is 11.9 Å². The van der Waals surface area contributed by atoms with Gasteiger partial charge in [0.2, 0.25) is 0 Å². The third-order valence-electron chi connectivity index (χ3n) is 2.57. The molecular weight excluding hydrogens is 192 g/mol. The number of unbranched alkanes of at least 4 members (excludes halogenated alkanes) is 2. The molecule has 0 N–H and O–H groups in total. The molecular formula is C12H18O3. The highest BCUT2D eigenvalue weighted by Crippen LogP contribution is 2.25. The molecule has 0 bridgehead atoms. The highest BCUT2D eigenvalue weighted by molar-refractivity contribution is 6.12. The van der Waals surface area contributed by atoms with Crippen LogP contribution in [0.1, 0.15) is 52.4 Å². The zero-order valence-electron chi connectivity index (χ0n) is 9.47. The fourth-order valence-electron chi connectivity index (χ4n) is 1.76. The van der Waals surface area contributed by atoms with Crippen LogP contribution in [-0.2, 0) is 14.3 Å². The van der Waals surface area contributed by atoms with Crippen LogP contribution in [0.4, 0.5) is 0 Å². The second-order valence-corrected chi connectivity index (χ2v) is 3.84. The van der Waals surface area contributed by atoms with Crippen molar-refractivity contribution >= 4 is 11.9 Å². The lowest BCUT2D eigenvalue weighted by Gasteiger charge is -2.00. The van der Waals surface area contributed by atoms with Crippen molar-refractivity contribution in [3.63, 3.8) is 0 Å². The van der Waals surface area contributed by atoms with Crippen molar-refractivity contribution in [2.24, 2.45) is 0 Å². The molecule has 0 spiro atoms. The first-order chi connectivity index (χ1) is 7.20. The first kappa shape index (κ1) is 12.0. The molecule has 0 amide bonds. The number of hydrogen-bond acceptors (Lipinski definition) is 3. The van der Waals surface area contributed by atoms with Gasteiger partial charge >= 0.3 is 11.9 Å². The summed E-state index contributed by atoms with van der Waals surface area (Å²) in [5.41, 5.74) is 1.23. The molecule has 0 fully saturated rings. The zero-order chi connectivity index (χ0) is 11.3. The van der Waals surface area contributed by atoms with Crippen molar-refractivity contribution in [1.29, 1.82) is 0 Å². The van der Waals surface area contributed by atoms with E-state index in [9.17, 15) is 9.59 Å². The molecule has 3 heteroatoms. The molecule has 15 heavy (non-hydrogen) atoms. The Labute approximate surface area is 90.5 Å². The summed E-state index contributed by atoms with van der Waals surface area (Å²) in [6.07, 6.45) is 5.37. The maximum absolute atomic E-state index is 11.4. The van der Waals surface area contributed by atoms with Gasteiger partial charge in [0, 0.05) is 11.1 Å². The summed E-state index contributed by atoms with van der Waals surface area (Å²) in [6, 6.07) is 0. The Morgan fingerprint density at radius 3 is 2.00 bits per heavy atom. The largest absolute Gasteiger partial charge is 0.386 e. The van der Waals surface area contributed by atoms with Crippen LogP contribution < -0.4 is 0 Å². The molecule has 0 saturated heterocycles. The van der Waals surface area contributed by atoms with Gasteiger partial charge in [-0.2, -0.15) is 0 Å². The van der Waals surface area contributed by atoms with E-state index in [0.717, 1.165) is 25.7 Å². The molecule has 1 heterocycles. The van der Waals surface area contributed by atoms with E-state index in [0.29, 0.717) is 24.0 Å². The molecule has 0 unspecified atom stereocenters. The predicted octanol–water partition coefficient (Wildman–Crippen LogP) is 2.75. The second-order valence-electron chi connectivity index (χ2n) is 3.84. The summed E-state index contributed by atoms with van der Waals surface area (Å²) < 4.78 is 4.62. The second kappa shape index (κ2) is 5.69. The Morgan fingerprint density at radius 1 is 0.867 bits per heavy atom. The minimum absolute atomic E-state index is 0.417. The van der Waals surface area contributed by atoms with Crippen LogP contribution in [0.3, 0.4) is 0 Å². The number of esters is 2. The summed E-state index contributed by atoms with van der Waals surface area (Å²) in [7, 11) is 0. The van der Waals surface area contributed by atoms with Gasteiger partial charge in [-0.05, 0) is 19.3 Å². The first-order valence-corrected chi connectivity index (χ1v) is 5.69. The molecule has 0 atom stereocenters. The van der Waals surface area contributed by atoms with Gasteiger partial charge in [-0.15, -0.1) is 0 Å². The monoisotopic (exact) mass is 210 g/mol. The SMILES string of the molecule is CCCCCC1=C(CCC)C(=O)OC1=O. The lowest BCUT2D eigenvalue weighted by atomic mass is 10.0. The summed E-state index contributed by atoms with van der Waals surface area (Å²) in [4.78, 5) is 22.7. The minimum Gasteiger partial charge on any atom is -0.386 e. The molecule has 3 nitrogen and oxygen atoms in total. The molecule has 0 radical (unpaired) electrons. The van der Waals surface area contributed by atoms with Crippen LogP contribution in [0.15, 0.2) is 11.1 Å². The number of hydrogen-bond donors (Lipinski definition) is 0. The lowest BCUT2D eigenvalue weighted by Crippen LogP contribution is -2.02. The molecule has 1 rings (SSSR count). The Bertz CT molecular complexity index is 289. The molecule has 0 aromatic carbocycles. The third-order valence-corrected chi connectivity index (χ3v) is 2.57. The Balaban J connectivity index is 2.68. The summed E-state index contributed by atoms with van der Waals surface area (Å²) in [6.45, 7) is 4.10. The van der Waals surface area contributed by atoms with Gasteiger partial charge in [0.1, 0.15) is 0 Å². The van der Waals surface area contributed by atoms with Crippen LogP contribution in [0.5, 0.6) is 0 Å². The van der Waals surface area contributed by atoms with Gasteiger partial charge in [0.25, 0.3) is 0 Å². The van der Waals surface area contributed by atoms with E-state index in [1.807, 2.05) is 6.92 Å². The fraction of sp³-hybridized carbons (Fsp3) is 0.667. The number of carbonyl (C=O) groups is 2. The van der Waals surface area contributed by atoms with Crippen LogP contribution in [0.25, 0.3) is 0 Å². The van der Waals surface area contributed by atoms with E-state index in [2.05, 4.69) is 11.7 Å². The quantitative estimate of drug-likeness (QED) is 0.384. The van der Waals surface area contributed by atoms with Gasteiger partial charge in [-0.3, -0.25) is 0 Å². The van der Waals surface area contributed by atoms with E-state index in [1.165, 1.54) is 0 Å². The molecule has 0 aromatic heterocycles. The Hall–Kier alpha value is -1.12. The number of carbonyl (C=O) groups excluding carboxylic acids is 2. The third kappa shape index (κ3) is 2.91. The van der Waals surface area contributed by atoms with Gasteiger partial charge in [-0.1, -0.05) is 33.1 Å². The molecule has 0 aromatic rings. The van der Waals surface area contributed by atoms with Crippen molar-refractivity contribution in [2.75, 3.05) is 0 Å². The smallest absolute Gasteiger partial charge is 0.342 e. The van der Waals surface area contributed by atoms with Crippen LogP contribution in [-0.4, -0.2) is 11.9 Å². The van der Waals surface area contributed by atoms with Crippen LogP contribution in [0, 0.1) is 0 Å². The first-order valence-electron chi connectivity index (χ1n) is 5.69. The van der Waals surface area contributed by atoms with Crippen molar-refractivity contribution in [1.82, 2.24) is 0 Å². The number of rotatable bonds is 6. The van der Waals surface area contributed by atoms with Crippen LogP contribution >= 0.6 is 0 Å². The summed E-state index contributed by atoms with van der Waals surface area (Å²) in [5.74, 6) is -0.840. The highest BCUT2D eigenvalue weighted by atomic mass is 16.6. The Kier molecular flexibility index (Phi) is 4.53. The predicted molar refractivity (Wildman–Crippen MR) is 57.2 cm³/mol. The number of cyclic esters (lactones) is 2. The van der Waals surface area contributed by atoms with E-state index >= 15 is 0 Å². The topological polar surface area (TPSA) is 43.4 Å². The van der Waals surface area contributed by atoms with Gasteiger partial charge in [-0.25, -0.2) is 9.59 Å². The van der Waals surface area contributed by atoms with E-state index in [1.54, 1.807) is 0 Å². The normalized spacial score (nSPS) is 16.1. The number of ether oxygens (including phenoxy) is 1. The maximum Gasteiger partial charge on any atom is 0.342 e. The molecule has 1 aliphatic rings. The van der Waals surface area contributed by atoms with Crippen molar-refractivity contribution in [3.8, 4) is 0 Å². The van der Waals surface area contributed by atoms with E-state index in [-0.39, 0.29) is 0 Å². The average molecular weight is 210 g/mol. The molecule has 0 saturated carbocycles.